The fourth-order valence-corrected chi connectivity index (χ4v) is 2.95. The molecular weight excluding hydrogens is 293 g/mol. The van der Waals surface area contributed by atoms with Crippen molar-refractivity contribution in [1.29, 1.82) is 5.26 Å². The largest absolute Gasteiger partial charge is 0.399 e. The SMILES string of the molecule is N#Cc1cc(F)ccc1NS(=O)(=O)Cc1ccc(N)cc1. The van der Waals surface area contributed by atoms with E-state index in [0.29, 0.717) is 11.3 Å². The Morgan fingerprint density at radius 1 is 1.19 bits per heavy atom. The fraction of sp³-hybridized carbons (Fsp3) is 0.0714. The molecule has 5 nitrogen and oxygen atoms in total. The molecule has 0 bridgehead atoms. The first-order chi connectivity index (χ1) is 9.89. The summed E-state index contributed by atoms with van der Waals surface area (Å²) in [5.74, 6) is -0.872. The molecule has 0 heterocycles. The van der Waals surface area contributed by atoms with E-state index in [0.717, 1.165) is 12.1 Å². The number of anilines is 2. The van der Waals surface area contributed by atoms with Crippen molar-refractivity contribution in [1.82, 2.24) is 0 Å². The topological polar surface area (TPSA) is 96.0 Å². The molecule has 0 aliphatic carbocycles. The molecule has 3 N–H and O–H groups in total. The summed E-state index contributed by atoms with van der Waals surface area (Å²) in [4.78, 5) is 0. The average Bonchev–Trinajstić information content (AvgIpc) is 2.43. The number of hydrogen-bond acceptors (Lipinski definition) is 4. The highest BCUT2D eigenvalue weighted by Gasteiger charge is 2.14. The van der Waals surface area contributed by atoms with Crippen molar-refractivity contribution in [3.05, 3.63) is 59.4 Å². The Balaban J connectivity index is 2.22. The number of nitriles is 1. The van der Waals surface area contributed by atoms with E-state index in [1.165, 1.54) is 6.07 Å². The molecule has 0 spiro atoms. The number of benzene rings is 2. The van der Waals surface area contributed by atoms with Crippen LogP contribution in [0.4, 0.5) is 15.8 Å². The third kappa shape index (κ3) is 3.94. The van der Waals surface area contributed by atoms with Crippen LogP contribution in [0.25, 0.3) is 0 Å². The third-order valence-electron chi connectivity index (χ3n) is 2.70. The molecule has 0 radical (unpaired) electrons. The Hall–Kier alpha value is -2.59. The minimum atomic E-state index is -3.71. The van der Waals surface area contributed by atoms with Gasteiger partial charge in [0.25, 0.3) is 0 Å². The first-order valence-electron chi connectivity index (χ1n) is 5.94. The number of sulfonamides is 1. The fourth-order valence-electron chi connectivity index (χ4n) is 1.73. The number of nitrogen functional groups attached to an aromatic ring is 1. The Morgan fingerprint density at radius 3 is 2.48 bits per heavy atom. The second-order valence-corrected chi connectivity index (χ2v) is 6.13. The van der Waals surface area contributed by atoms with Crippen LogP contribution in [0.3, 0.4) is 0 Å². The quantitative estimate of drug-likeness (QED) is 0.846. The summed E-state index contributed by atoms with van der Waals surface area (Å²) in [5.41, 5.74) is 6.60. The zero-order valence-corrected chi connectivity index (χ0v) is 11.7. The monoisotopic (exact) mass is 305 g/mol. The molecule has 0 atom stereocenters. The number of nitrogens with one attached hydrogen (secondary N) is 1. The Morgan fingerprint density at radius 2 is 1.86 bits per heavy atom. The van der Waals surface area contributed by atoms with Gasteiger partial charge in [0.2, 0.25) is 10.0 Å². The van der Waals surface area contributed by atoms with Gasteiger partial charge in [0, 0.05) is 5.69 Å². The maximum Gasteiger partial charge on any atom is 0.236 e. The predicted molar refractivity (Wildman–Crippen MR) is 78.2 cm³/mol. The highest BCUT2D eigenvalue weighted by atomic mass is 32.2. The second kappa shape index (κ2) is 5.81. The third-order valence-corrected chi connectivity index (χ3v) is 3.95. The summed E-state index contributed by atoms with van der Waals surface area (Å²) in [6.07, 6.45) is 0. The molecule has 0 aliphatic heterocycles. The predicted octanol–water partition coefficient (Wildman–Crippen LogP) is 2.22. The van der Waals surface area contributed by atoms with Crippen molar-refractivity contribution < 1.29 is 12.8 Å². The van der Waals surface area contributed by atoms with Crippen LogP contribution in [0, 0.1) is 17.1 Å². The summed E-state index contributed by atoms with van der Waals surface area (Å²) < 4.78 is 39.4. The van der Waals surface area contributed by atoms with Gasteiger partial charge in [-0.3, -0.25) is 4.72 Å². The maximum absolute atomic E-state index is 13.0. The van der Waals surface area contributed by atoms with Gasteiger partial charge < -0.3 is 5.73 Å². The lowest BCUT2D eigenvalue weighted by atomic mass is 10.2. The van der Waals surface area contributed by atoms with Crippen LogP contribution < -0.4 is 10.5 Å². The number of nitrogens with two attached hydrogens (primary N) is 1. The van der Waals surface area contributed by atoms with Gasteiger partial charge in [0.1, 0.15) is 11.9 Å². The van der Waals surface area contributed by atoms with Gasteiger partial charge in [0.05, 0.1) is 17.0 Å². The second-order valence-electron chi connectivity index (χ2n) is 4.40. The zero-order chi connectivity index (χ0) is 15.5. The van der Waals surface area contributed by atoms with Crippen LogP contribution in [0.2, 0.25) is 0 Å². The van der Waals surface area contributed by atoms with E-state index >= 15 is 0 Å². The number of rotatable bonds is 4. The maximum atomic E-state index is 13.0. The highest BCUT2D eigenvalue weighted by molar-refractivity contribution is 7.91. The van der Waals surface area contributed by atoms with Gasteiger partial charge >= 0.3 is 0 Å². The molecule has 2 rings (SSSR count). The highest BCUT2D eigenvalue weighted by Crippen LogP contribution is 2.19. The molecule has 108 valence electrons. The van der Waals surface area contributed by atoms with Gasteiger partial charge in [0.15, 0.2) is 0 Å². The minimum absolute atomic E-state index is 0.0503. The van der Waals surface area contributed by atoms with Crippen molar-refractivity contribution in [3.63, 3.8) is 0 Å². The standard InChI is InChI=1S/C14H12FN3O2S/c15-12-3-6-14(11(7-12)8-16)18-21(19,20)9-10-1-4-13(17)5-2-10/h1-7,18H,9,17H2. The van der Waals surface area contributed by atoms with Crippen LogP contribution in [0.5, 0.6) is 0 Å². The molecule has 0 amide bonds. The van der Waals surface area contributed by atoms with Gasteiger partial charge in [-0.05, 0) is 35.9 Å². The lowest BCUT2D eigenvalue weighted by Crippen LogP contribution is -2.16. The first kappa shape index (κ1) is 14.8. The van der Waals surface area contributed by atoms with E-state index in [9.17, 15) is 12.8 Å². The van der Waals surface area contributed by atoms with Gasteiger partial charge in [-0.15, -0.1) is 0 Å². The zero-order valence-electron chi connectivity index (χ0n) is 10.9. The number of hydrogen-bond donors (Lipinski definition) is 2. The molecule has 0 saturated carbocycles. The number of nitrogens with zero attached hydrogens (tertiary/aromatic N) is 1. The smallest absolute Gasteiger partial charge is 0.236 e. The Bertz CT molecular complexity index is 796. The van der Waals surface area contributed by atoms with E-state index in [1.807, 2.05) is 0 Å². The Kier molecular flexibility index (Phi) is 4.10. The normalized spacial score (nSPS) is 10.9. The van der Waals surface area contributed by atoms with Crippen molar-refractivity contribution in [2.45, 2.75) is 5.75 Å². The van der Waals surface area contributed by atoms with Crippen molar-refractivity contribution in [2.75, 3.05) is 10.5 Å². The van der Waals surface area contributed by atoms with E-state index in [4.69, 9.17) is 11.0 Å². The average molecular weight is 305 g/mol. The van der Waals surface area contributed by atoms with Crippen LogP contribution in [0.15, 0.2) is 42.5 Å². The van der Waals surface area contributed by atoms with Crippen molar-refractivity contribution in [2.24, 2.45) is 0 Å². The molecule has 2 aromatic carbocycles. The lowest BCUT2D eigenvalue weighted by Gasteiger charge is -2.09. The first-order valence-corrected chi connectivity index (χ1v) is 7.59. The molecule has 0 aromatic heterocycles. The summed E-state index contributed by atoms with van der Waals surface area (Å²) in [5, 5.41) is 8.89. The molecular formula is C14H12FN3O2S. The Labute approximate surface area is 121 Å². The van der Waals surface area contributed by atoms with Crippen LogP contribution in [-0.4, -0.2) is 8.42 Å². The van der Waals surface area contributed by atoms with Crippen LogP contribution >= 0.6 is 0 Å². The van der Waals surface area contributed by atoms with Crippen molar-refractivity contribution >= 4 is 21.4 Å². The van der Waals surface area contributed by atoms with Gasteiger partial charge in [-0.2, -0.15) is 5.26 Å². The van der Waals surface area contributed by atoms with Gasteiger partial charge in [-0.25, -0.2) is 12.8 Å². The minimum Gasteiger partial charge on any atom is -0.399 e. The molecule has 0 aliphatic rings. The van der Waals surface area contributed by atoms with Crippen LogP contribution in [0.1, 0.15) is 11.1 Å². The van der Waals surface area contributed by atoms with E-state index < -0.39 is 15.8 Å². The molecule has 7 heteroatoms. The van der Waals surface area contributed by atoms with E-state index in [1.54, 1.807) is 30.3 Å². The van der Waals surface area contributed by atoms with Crippen LogP contribution in [-0.2, 0) is 15.8 Å². The molecule has 0 fully saturated rings. The molecule has 21 heavy (non-hydrogen) atoms. The summed E-state index contributed by atoms with van der Waals surface area (Å²) >= 11 is 0. The molecule has 0 saturated heterocycles. The summed E-state index contributed by atoms with van der Waals surface area (Å²) in [6.45, 7) is 0. The summed E-state index contributed by atoms with van der Waals surface area (Å²) in [7, 11) is -3.71. The summed E-state index contributed by atoms with van der Waals surface area (Å²) in [6, 6.07) is 11.4. The molecule has 0 unspecified atom stereocenters. The molecule has 2 aromatic rings. The lowest BCUT2D eigenvalue weighted by molar-refractivity contribution is 0.600. The van der Waals surface area contributed by atoms with Gasteiger partial charge in [-0.1, -0.05) is 12.1 Å². The van der Waals surface area contributed by atoms with E-state index in [-0.39, 0.29) is 17.0 Å². The van der Waals surface area contributed by atoms with E-state index in [2.05, 4.69) is 4.72 Å². The number of halogens is 1. The van der Waals surface area contributed by atoms with Crippen molar-refractivity contribution in [3.8, 4) is 6.07 Å².